The largest absolute Gasteiger partial charge is 0.393 e. The van der Waals surface area contributed by atoms with Crippen LogP contribution in [-0.2, 0) is 0 Å². The highest BCUT2D eigenvalue weighted by Gasteiger charge is 2.09. The number of carbonyl (C=O) groups is 1. The van der Waals surface area contributed by atoms with Gasteiger partial charge in [-0.1, -0.05) is 23.8 Å². The lowest BCUT2D eigenvalue weighted by Crippen LogP contribution is -2.27. The van der Waals surface area contributed by atoms with E-state index in [9.17, 15) is 4.79 Å². The van der Waals surface area contributed by atoms with Crippen LogP contribution in [0.15, 0.2) is 22.7 Å². The van der Waals surface area contributed by atoms with E-state index in [1.165, 1.54) is 0 Å². The van der Waals surface area contributed by atoms with E-state index in [0.29, 0.717) is 23.5 Å². The van der Waals surface area contributed by atoms with E-state index in [0.717, 1.165) is 10.0 Å². The summed E-state index contributed by atoms with van der Waals surface area (Å²) in [5.41, 5.74) is 7.01. The highest BCUT2D eigenvalue weighted by Crippen LogP contribution is 2.17. The second-order valence-electron chi connectivity index (χ2n) is 3.46. The molecule has 1 amide bonds. The highest BCUT2D eigenvalue weighted by molar-refractivity contribution is 9.10. The van der Waals surface area contributed by atoms with E-state index in [-0.39, 0.29) is 5.91 Å². The average molecular weight is 301 g/mol. The van der Waals surface area contributed by atoms with E-state index in [1.54, 1.807) is 0 Å². The van der Waals surface area contributed by atoms with Gasteiger partial charge in [-0.25, -0.2) is 0 Å². The van der Waals surface area contributed by atoms with Crippen molar-refractivity contribution in [1.82, 2.24) is 5.32 Å². The number of rotatable bonds is 4. The molecule has 0 heterocycles. The summed E-state index contributed by atoms with van der Waals surface area (Å²) in [6, 6.07) is 5.63. The number of amides is 1. The summed E-state index contributed by atoms with van der Waals surface area (Å²) in [5, 5.41) is 2.76. The second-order valence-corrected chi connectivity index (χ2v) is 4.83. The molecule has 5 heteroatoms. The predicted molar refractivity (Wildman–Crippen MR) is 72.6 cm³/mol. The van der Waals surface area contributed by atoms with Crippen molar-refractivity contribution in [1.29, 1.82) is 0 Å². The molecule has 1 aromatic carbocycles. The molecule has 0 atom stereocenters. The van der Waals surface area contributed by atoms with Gasteiger partial charge in [0.2, 0.25) is 0 Å². The van der Waals surface area contributed by atoms with Crippen molar-refractivity contribution in [3.8, 4) is 0 Å². The Kier molecular flexibility index (Phi) is 4.89. The number of benzene rings is 1. The van der Waals surface area contributed by atoms with Gasteiger partial charge in [0, 0.05) is 17.4 Å². The van der Waals surface area contributed by atoms with Gasteiger partial charge in [-0.3, -0.25) is 4.79 Å². The van der Waals surface area contributed by atoms with Crippen LogP contribution in [0.3, 0.4) is 0 Å². The summed E-state index contributed by atoms with van der Waals surface area (Å²) in [7, 11) is 0. The van der Waals surface area contributed by atoms with Crippen molar-refractivity contribution in [3.63, 3.8) is 0 Å². The van der Waals surface area contributed by atoms with Crippen LogP contribution in [0.2, 0.25) is 0 Å². The van der Waals surface area contributed by atoms with Crippen molar-refractivity contribution >= 4 is 39.0 Å². The molecule has 0 aliphatic carbocycles. The number of nitrogens with one attached hydrogen (secondary N) is 1. The number of hydrogen-bond donors (Lipinski definition) is 2. The van der Waals surface area contributed by atoms with Crippen LogP contribution in [0, 0.1) is 6.92 Å². The fourth-order valence-electron chi connectivity index (χ4n) is 1.21. The Labute approximate surface area is 109 Å². The van der Waals surface area contributed by atoms with E-state index < -0.39 is 0 Å². The third-order valence-corrected chi connectivity index (χ3v) is 2.92. The van der Waals surface area contributed by atoms with Crippen molar-refractivity contribution in [2.75, 3.05) is 6.54 Å². The molecule has 0 unspecified atom stereocenters. The van der Waals surface area contributed by atoms with Crippen LogP contribution in [-0.4, -0.2) is 17.4 Å². The van der Waals surface area contributed by atoms with Crippen molar-refractivity contribution in [3.05, 3.63) is 33.8 Å². The fraction of sp³-hybridized carbons (Fsp3) is 0.273. The first kappa shape index (κ1) is 13.1. The summed E-state index contributed by atoms with van der Waals surface area (Å²) >= 11 is 8.07. The van der Waals surface area contributed by atoms with Crippen LogP contribution in [0.5, 0.6) is 0 Å². The molecule has 0 saturated carbocycles. The monoisotopic (exact) mass is 300 g/mol. The lowest BCUT2D eigenvalue weighted by atomic mass is 10.1. The maximum Gasteiger partial charge on any atom is 0.252 e. The van der Waals surface area contributed by atoms with Crippen molar-refractivity contribution < 1.29 is 4.79 Å². The van der Waals surface area contributed by atoms with E-state index in [2.05, 4.69) is 21.2 Å². The van der Waals surface area contributed by atoms with Crippen LogP contribution in [0.25, 0.3) is 0 Å². The number of aryl methyl sites for hydroxylation is 1. The molecule has 16 heavy (non-hydrogen) atoms. The molecule has 0 saturated heterocycles. The second kappa shape index (κ2) is 5.96. The molecular weight excluding hydrogens is 288 g/mol. The van der Waals surface area contributed by atoms with Crippen LogP contribution >= 0.6 is 28.1 Å². The molecule has 0 radical (unpaired) electrons. The zero-order valence-corrected chi connectivity index (χ0v) is 11.3. The third-order valence-electron chi connectivity index (χ3n) is 2.02. The van der Waals surface area contributed by atoms with Gasteiger partial charge in [-0.05, 0) is 35.0 Å². The van der Waals surface area contributed by atoms with Crippen molar-refractivity contribution in [2.45, 2.75) is 13.3 Å². The molecule has 1 aromatic rings. The molecule has 3 nitrogen and oxygen atoms in total. The van der Waals surface area contributed by atoms with Gasteiger partial charge in [-0.15, -0.1) is 0 Å². The van der Waals surface area contributed by atoms with Crippen LogP contribution < -0.4 is 11.1 Å². The summed E-state index contributed by atoms with van der Waals surface area (Å²) in [4.78, 5) is 12.2. The summed E-state index contributed by atoms with van der Waals surface area (Å²) in [6.07, 6.45) is 0.518. The molecule has 0 fully saturated rings. The van der Waals surface area contributed by atoms with Gasteiger partial charge in [0.1, 0.15) is 0 Å². The Morgan fingerprint density at radius 3 is 2.88 bits per heavy atom. The van der Waals surface area contributed by atoms with Crippen LogP contribution in [0.4, 0.5) is 0 Å². The van der Waals surface area contributed by atoms with Gasteiger partial charge in [-0.2, -0.15) is 0 Å². The first-order valence-corrected chi connectivity index (χ1v) is 6.03. The summed E-state index contributed by atoms with van der Waals surface area (Å²) in [5.74, 6) is -0.119. The Morgan fingerprint density at radius 1 is 1.56 bits per heavy atom. The third kappa shape index (κ3) is 3.90. The van der Waals surface area contributed by atoms with E-state index >= 15 is 0 Å². The molecule has 0 aliphatic heterocycles. The Bertz CT molecular complexity index is 420. The van der Waals surface area contributed by atoms with Gasteiger partial charge in [0.05, 0.1) is 10.6 Å². The normalized spacial score (nSPS) is 9.88. The number of halogens is 1. The molecule has 0 aliphatic rings. The highest BCUT2D eigenvalue weighted by atomic mass is 79.9. The summed E-state index contributed by atoms with van der Waals surface area (Å²) < 4.78 is 0.783. The maximum absolute atomic E-state index is 11.8. The van der Waals surface area contributed by atoms with Crippen LogP contribution in [0.1, 0.15) is 22.3 Å². The minimum atomic E-state index is -0.119. The molecule has 3 N–H and O–H groups in total. The maximum atomic E-state index is 11.8. The van der Waals surface area contributed by atoms with Gasteiger partial charge in [0.15, 0.2) is 0 Å². The predicted octanol–water partition coefficient (Wildman–Crippen LogP) is 2.16. The number of carbonyl (C=O) groups excluding carboxylic acids is 1. The number of thiocarbonyl (C=S) groups is 1. The fourth-order valence-corrected chi connectivity index (χ4v) is 1.74. The number of hydrogen-bond acceptors (Lipinski definition) is 2. The van der Waals surface area contributed by atoms with Gasteiger partial charge < -0.3 is 11.1 Å². The topological polar surface area (TPSA) is 55.1 Å². The standard InChI is InChI=1S/C11H13BrN2OS/c1-7-2-3-9(12)8(6-7)11(15)14-5-4-10(13)16/h2-3,6H,4-5H2,1H3,(H2,13,16)(H,14,15). The Morgan fingerprint density at radius 2 is 2.25 bits per heavy atom. The minimum Gasteiger partial charge on any atom is -0.393 e. The number of nitrogens with two attached hydrogens (primary N) is 1. The molecule has 86 valence electrons. The molecule has 0 bridgehead atoms. The lowest BCUT2D eigenvalue weighted by molar-refractivity contribution is 0.0954. The van der Waals surface area contributed by atoms with Crippen molar-refractivity contribution in [2.24, 2.45) is 5.73 Å². The van der Waals surface area contributed by atoms with E-state index in [4.69, 9.17) is 18.0 Å². The summed E-state index contributed by atoms with van der Waals surface area (Å²) in [6.45, 7) is 2.41. The minimum absolute atomic E-state index is 0.119. The Balaban J connectivity index is 2.65. The Hall–Kier alpha value is -0.940. The lowest BCUT2D eigenvalue weighted by Gasteiger charge is -2.07. The molecule has 0 spiro atoms. The van der Waals surface area contributed by atoms with E-state index in [1.807, 2.05) is 25.1 Å². The quantitative estimate of drug-likeness (QED) is 0.838. The average Bonchev–Trinajstić information content (AvgIpc) is 2.21. The molecule has 1 rings (SSSR count). The van der Waals surface area contributed by atoms with Gasteiger partial charge in [0.25, 0.3) is 5.91 Å². The van der Waals surface area contributed by atoms with Gasteiger partial charge >= 0.3 is 0 Å². The smallest absolute Gasteiger partial charge is 0.252 e. The SMILES string of the molecule is Cc1ccc(Br)c(C(=O)NCCC(N)=S)c1. The zero-order valence-electron chi connectivity index (χ0n) is 8.92. The first-order chi connectivity index (χ1) is 7.50. The zero-order chi connectivity index (χ0) is 12.1. The molecular formula is C11H13BrN2OS. The first-order valence-electron chi connectivity index (χ1n) is 4.83. The molecule has 0 aromatic heterocycles.